The zero-order valence-electron chi connectivity index (χ0n) is 11.5. The Morgan fingerprint density at radius 1 is 1.35 bits per heavy atom. The largest absolute Gasteiger partial charge is 0.478 e. The lowest BCUT2D eigenvalue weighted by Gasteiger charge is -2.19. The average Bonchev–Trinajstić information content (AvgIpc) is 2.26. The van der Waals surface area contributed by atoms with Crippen LogP contribution in [-0.2, 0) is 14.6 Å². The molecule has 5 nitrogen and oxygen atoms in total. The summed E-state index contributed by atoms with van der Waals surface area (Å²) in [5.41, 5.74) is -0.674. The molecule has 7 heteroatoms. The second-order valence-corrected chi connectivity index (χ2v) is 8.22. The van der Waals surface area contributed by atoms with Crippen molar-refractivity contribution >= 4 is 31.7 Å². The minimum Gasteiger partial charge on any atom is -0.478 e. The molecule has 1 N–H and O–H groups in total. The first-order chi connectivity index (χ1) is 9.03. The summed E-state index contributed by atoms with van der Waals surface area (Å²) < 4.78 is 30.4. The molecule has 0 aliphatic carbocycles. The minimum atomic E-state index is -3.72. The number of ether oxygens (including phenoxy) is 1. The van der Waals surface area contributed by atoms with E-state index in [2.05, 4.69) is 15.9 Å². The maximum atomic E-state index is 12.2. The van der Waals surface area contributed by atoms with Gasteiger partial charge < -0.3 is 9.84 Å². The van der Waals surface area contributed by atoms with Crippen LogP contribution in [0.15, 0.2) is 27.6 Å². The van der Waals surface area contributed by atoms with Crippen LogP contribution in [0, 0.1) is 0 Å². The first-order valence-electron chi connectivity index (χ1n) is 5.92. The third-order valence-electron chi connectivity index (χ3n) is 2.40. The van der Waals surface area contributed by atoms with Gasteiger partial charge in [0.15, 0.2) is 9.84 Å². The van der Waals surface area contributed by atoms with Crippen LogP contribution < -0.4 is 0 Å². The third kappa shape index (κ3) is 4.88. The summed E-state index contributed by atoms with van der Waals surface area (Å²) in [6, 6.07) is 4.06. The monoisotopic (exact) mass is 364 g/mol. The molecule has 1 aromatic rings. The van der Waals surface area contributed by atoms with E-state index in [0.29, 0.717) is 4.47 Å². The van der Waals surface area contributed by atoms with E-state index in [1.54, 1.807) is 0 Å². The highest BCUT2D eigenvalue weighted by atomic mass is 79.9. The maximum Gasteiger partial charge on any atom is 0.337 e. The van der Waals surface area contributed by atoms with Crippen molar-refractivity contribution in [3.8, 4) is 0 Å². The molecule has 0 fully saturated rings. The van der Waals surface area contributed by atoms with E-state index in [-0.39, 0.29) is 22.8 Å². The van der Waals surface area contributed by atoms with E-state index in [1.165, 1.54) is 18.2 Å². The van der Waals surface area contributed by atoms with Crippen molar-refractivity contribution in [1.82, 2.24) is 0 Å². The van der Waals surface area contributed by atoms with Crippen LogP contribution in [-0.4, -0.2) is 37.5 Å². The van der Waals surface area contributed by atoms with Gasteiger partial charge in [0.2, 0.25) is 0 Å². The lowest BCUT2D eigenvalue weighted by atomic mass is 10.2. The van der Waals surface area contributed by atoms with E-state index in [4.69, 9.17) is 9.84 Å². The summed E-state index contributed by atoms with van der Waals surface area (Å²) in [7, 11) is -3.72. The number of rotatable bonds is 5. The standard InChI is InChI=1S/C13H17BrO5S/c1-13(2,3)19-6-7-20(17,18)11-8-9(14)4-5-10(11)12(15)16/h4-5,8H,6-7H2,1-3H3,(H,15,16). The average molecular weight is 365 g/mol. The van der Waals surface area contributed by atoms with Gasteiger partial charge in [0.25, 0.3) is 0 Å². The number of halogens is 1. The molecule has 0 aliphatic rings. The molecule has 20 heavy (non-hydrogen) atoms. The van der Waals surface area contributed by atoms with Gasteiger partial charge in [-0.25, -0.2) is 13.2 Å². The molecule has 0 aromatic heterocycles. The molecule has 0 spiro atoms. The molecular formula is C13H17BrO5S. The van der Waals surface area contributed by atoms with Gasteiger partial charge in [-0.2, -0.15) is 0 Å². The predicted octanol–water partition coefficient (Wildman–Crippen LogP) is 2.74. The van der Waals surface area contributed by atoms with Crippen molar-refractivity contribution in [3.05, 3.63) is 28.2 Å². The second kappa shape index (κ2) is 6.24. The lowest BCUT2D eigenvalue weighted by molar-refractivity contribution is 0.00642. The zero-order valence-corrected chi connectivity index (χ0v) is 13.9. The number of aromatic carboxylic acids is 1. The van der Waals surface area contributed by atoms with Crippen LogP contribution in [0.25, 0.3) is 0 Å². The Labute approximate surface area is 127 Å². The van der Waals surface area contributed by atoms with Gasteiger partial charge in [-0.1, -0.05) is 15.9 Å². The summed E-state index contributed by atoms with van der Waals surface area (Å²) >= 11 is 3.15. The summed E-state index contributed by atoms with van der Waals surface area (Å²) in [6.45, 7) is 5.47. The molecule has 0 radical (unpaired) electrons. The van der Waals surface area contributed by atoms with Crippen molar-refractivity contribution < 1.29 is 23.1 Å². The molecule has 0 aliphatic heterocycles. The highest BCUT2D eigenvalue weighted by Gasteiger charge is 2.23. The number of benzene rings is 1. The van der Waals surface area contributed by atoms with Gasteiger partial charge >= 0.3 is 5.97 Å². The van der Waals surface area contributed by atoms with Gasteiger partial charge in [-0.05, 0) is 39.0 Å². The molecular weight excluding hydrogens is 348 g/mol. The number of carboxylic acid groups (broad SMARTS) is 1. The molecule has 0 unspecified atom stereocenters. The van der Waals surface area contributed by atoms with Gasteiger partial charge in [-0.3, -0.25) is 0 Å². The topological polar surface area (TPSA) is 80.7 Å². The van der Waals surface area contributed by atoms with E-state index in [1.807, 2.05) is 20.8 Å². The maximum absolute atomic E-state index is 12.2. The van der Waals surface area contributed by atoms with E-state index >= 15 is 0 Å². The first kappa shape index (κ1) is 17.1. The van der Waals surface area contributed by atoms with Crippen LogP contribution in [0.4, 0.5) is 0 Å². The Morgan fingerprint density at radius 3 is 2.45 bits per heavy atom. The highest BCUT2D eigenvalue weighted by Crippen LogP contribution is 2.23. The quantitative estimate of drug-likeness (QED) is 0.868. The van der Waals surface area contributed by atoms with Gasteiger partial charge in [0, 0.05) is 4.47 Å². The van der Waals surface area contributed by atoms with E-state index in [9.17, 15) is 13.2 Å². The summed E-state index contributed by atoms with van der Waals surface area (Å²) in [5, 5.41) is 9.06. The van der Waals surface area contributed by atoms with Crippen molar-refractivity contribution in [2.24, 2.45) is 0 Å². The molecule has 0 bridgehead atoms. The van der Waals surface area contributed by atoms with Crippen LogP contribution >= 0.6 is 15.9 Å². The number of hydrogen-bond acceptors (Lipinski definition) is 4. The molecule has 1 rings (SSSR count). The lowest BCUT2D eigenvalue weighted by Crippen LogP contribution is -2.24. The fourth-order valence-electron chi connectivity index (χ4n) is 1.50. The van der Waals surface area contributed by atoms with Crippen LogP contribution in [0.1, 0.15) is 31.1 Å². The smallest absolute Gasteiger partial charge is 0.337 e. The zero-order chi connectivity index (χ0) is 15.6. The summed E-state index contributed by atoms with van der Waals surface area (Å²) in [6.07, 6.45) is 0. The van der Waals surface area contributed by atoms with Crippen molar-refractivity contribution in [1.29, 1.82) is 0 Å². The van der Waals surface area contributed by atoms with Gasteiger partial charge in [0.05, 0.1) is 28.4 Å². The first-order valence-corrected chi connectivity index (χ1v) is 8.37. The molecule has 0 amide bonds. The molecule has 0 saturated heterocycles. The number of hydrogen-bond donors (Lipinski definition) is 1. The minimum absolute atomic E-state index is 0.0113. The summed E-state index contributed by atoms with van der Waals surface area (Å²) in [4.78, 5) is 10.9. The van der Waals surface area contributed by atoms with E-state index in [0.717, 1.165) is 0 Å². The predicted molar refractivity (Wildman–Crippen MR) is 78.9 cm³/mol. The third-order valence-corrected chi connectivity index (χ3v) is 4.60. The fourth-order valence-corrected chi connectivity index (χ4v) is 3.33. The van der Waals surface area contributed by atoms with Crippen molar-refractivity contribution in [3.63, 3.8) is 0 Å². The van der Waals surface area contributed by atoms with Crippen LogP contribution in [0.3, 0.4) is 0 Å². The van der Waals surface area contributed by atoms with Crippen LogP contribution in [0.2, 0.25) is 0 Å². The Bertz CT molecular complexity index is 602. The molecule has 112 valence electrons. The summed E-state index contributed by atoms with van der Waals surface area (Å²) in [5.74, 6) is -1.53. The molecule has 0 heterocycles. The van der Waals surface area contributed by atoms with Crippen molar-refractivity contribution in [2.75, 3.05) is 12.4 Å². The highest BCUT2D eigenvalue weighted by molar-refractivity contribution is 9.10. The number of carboxylic acids is 1. The number of sulfone groups is 1. The SMILES string of the molecule is CC(C)(C)OCCS(=O)(=O)c1cc(Br)ccc1C(=O)O. The fraction of sp³-hybridized carbons (Fsp3) is 0.462. The van der Waals surface area contributed by atoms with Gasteiger partial charge in [-0.15, -0.1) is 0 Å². The Balaban J connectivity index is 3.03. The van der Waals surface area contributed by atoms with Gasteiger partial charge in [0.1, 0.15) is 0 Å². The number of carbonyl (C=O) groups is 1. The molecule has 0 atom stereocenters. The Kier molecular flexibility index (Phi) is 5.34. The Hall–Kier alpha value is -0.920. The van der Waals surface area contributed by atoms with Crippen LogP contribution in [0.5, 0.6) is 0 Å². The molecule has 1 aromatic carbocycles. The second-order valence-electron chi connectivity index (χ2n) is 5.23. The Morgan fingerprint density at radius 2 is 1.95 bits per heavy atom. The normalized spacial score (nSPS) is 12.4. The van der Waals surface area contributed by atoms with E-state index < -0.39 is 21.4 Å². The van der Waals surface area contributed by atoms with Crippen molar-refractivity contribution in [2.45, 2.75) is 31.3 Å². The molecule has 0 saturated carbocycles.